The molecule has 0 saturated heterocycles. The minimum absolute atomic E-state index is 0.0715. The highest BCUT2D eigenvalue weighted by Gasteiger charge is 2.20. The van der Waals surface area contributed by atoms with Crippen LogP contribution in [0.2, 0.25) is 0 Å². The lowest BCUT2D eigenvalue weighted by Crippen LogP contribution is -2.27. The summed E-state index contributed by atoms with van der Waals surface area (Å²) in [6.07, 6.45) is 0.516. The Morgan fingerprint density at radius 3 is 2.48 bits per heavy atom. The molecule has 0 saturated carbocycles. The minimum Gasteiger partial charge on any atom is -0.545 e. The summed E-state index contributed by atoms with van der Waals surface area (Å²) in [5.74, 6) is -1.38. The SMILES string of the molecule is COc1ccc(C(=O)[O-])cc1S(=O)(=O)NCCc1ccccc1. The molecule has 0 aromatic heterocycles. The molecule has 2 rings (SSSR count). The van der Waals surface area contributed by atoms with E-state index in [2.05, 4.69) is 4.72 Å². The van der Waals surface area contributed by atoms with Gasteiger partial charge in [-0.15, -0.1) is 0 Å². The van der Waals surface area contributed by atoms with Gasteiger partial charge in [0.05, 0.1) is 13.1 Å². The van der Waals surface area contributed by atoms with E-state index in [4.69, 9.17) is 4.74 Å². The Kier molecular flexibility index (Phi) is 5.36. The van der Waals surface area contributed by atoms with E-state index in [9.17, 15) is 18.3 Å². The molecule has 2 aromatic rings. The lowest BCUT2D eigenvalue weighted by atomic mass is 10.2. The number of hydrogen-bond donors (Lipinski definition) is 1. The molecule has 1 N–H and O–H groups in total. The average Bonchev–Trinajstić information content (AvgIpc) is 2.55. The fourth-order valence-corrected chi connectivity index (χ4v) is 3.29. The summed E-state index contributed by atoms with van der Waals surface area (Å²) in [6.45, 7) is 0.186. The second-order valence-electron chi connectivity index (χ2n) is 4.79. The molecule has 0 heterocycles. The highest BCUT2D eigenvalue weighted by atomic mass is 32.2. The Hall–Kier alpha value is -2.38. The molecule has 122 valence electrons. The maximum absolute atomic E-state index is 12.4. The van der Waals surface area contributed by atoms with Crippen molar-refractivity contribution in [2.45, 2.75) is 11.3 Å². The smallest absolute Gasteiger partial charge is 0.244 e. The minimum atomic E-state index is -3.90. The fraction of sp³-hybridized carbons (Fsp3) is 0.188. The zero-order valence-electron chi connectivity index (χ0n) is 12.5. The maximum Gasteiger partial charge on any atom is 0.244 e. The molecule has 0 unspecified atom stereocenters. The summed E-state index contributed by atoms with van der Waals surface area (Å²) in [6, 6.07) is 13.0. The molecule has 0 aliphatic carbocycles. The number of ether oxygens (including phenoxy) is 1. The van der Waals surface area contributed by atoms with Crippen LogP contribution in [0.15, 0.2) is 53.4 Å². The second kappa shape index (κ2) is 7.26. The van der Waals surface area contributed by atoms with E-state index in [1.165, 1.54) is 19.2 Å². The number of nitrogens with one attached hydrogen (secondary N) is 1. The first-order valence-electron chi connectivity index (χ1n) is 6.87. The molecular weight excluding hydrogens is 318 g/mol. The predicted octanol–water partition coefficient (Wildman–Crippen LogP) is 0.580. The number of rotatable bonds is 7. The van der Waals surface area contributed by atoms with Crippen LogP contribution in [0.1, 0.15) is 15.9 Å². The molecule has 0 fully saturated rings. The van der Waals surface area contributed by atoms with Crippen molar-refractivity contribution in [3.8, 4) is 5.75 Å². The average molecular weight is 334 g/mol. The van der Waals surface area contributed by atoms with Crippen LogP contribution in [0.3, 0.4) is 0 Å². The van der Waals surface area contributed by atoms with Gasteiger partial charge in [-0.05, 0) is 35.7 Å². The Morgan fingerprint density at radius 2 is 1.87 bits per heavy atom. The van der Waals surface area contributed by atoms with Gasteiger partial charge in [0.2, 0.25) is 10.0 Å². The summed E-state index contributed by atoms with van der Waals surface area (Å²) in [5, 5.41) is 10.9. The highest BCUT2D eigenvalue weighted by Crippen LogP contribution is 2.24. The Labute approximate surface area is 134 Å². The number of sulfonamides is 1. The van der Waals surface area contributed by atoms with E-state index < -0.39 is 16.0 Å². The number of aromatic carboxylic acids is 1. The molecular formula is C16H16NO5S-. The number of carboxylic acids is 1. The molecule has 0 atom stereocenters. The van der Waals surface area contributed by atoms with E-state index in [0.29, 0.717) is 6.42 Å². The number of hydrogen-bond acceptors (Lipinski definition) is 5. The second-order valence-corrected chi connectivity index (χ2v) is 6.52. The monoisotopic (exact) mass is 334 g/mol. The topological polar surface area (TPSA) is 95.5 Å². The third kappa shape index (κ3) is 4.30. The van der Waals surface area contributed by atoms with Crippen LogP contribution in [0.5, 0.6) is 5.75 Å². The van der Waals surface area contributed by atoms with Crippen LogP contribution < -0.4 is 14.6 Å². The molecule has 0 bridgehead atoms. The first-order valence-corrected chi connectivity index (χ1v) is 8.35. The molecule has 6 nitrogen and oxygen atoms in total. The van der Waals surface area contributed by atoms with Gasteiger partial charge in [0.25, 0.3) is 0 Å². The van der Waals surface area contributed by atoms with E-state index in [1.807, 2.05) is 30.3 Å². The standard InChI is InChI=1S/C16H17NO5S/c1-22-14-8-7-13(16(18)19)11-15(14)23(20,21)17-10-9-12-5-3-2-4-6-12/h2-8,11,17H,9-10H2,1H3,(H,18,19)/p-1. The third-order valence-corrected chi connectivity index (χ3v) is 4.72. The van der Waals surface area contributed by atoms with Gasteiger partial charge >= 0.3 is 0 Å². The summed E-state index contributed by atoms with van der Waals surface area (Å²) >= 11 is 0. The third-order valence-electron chi connectivity index (χ3n) is 3.24. The Bertz CT molecular complexity index is 787. The van der Waals surface area contributed by atoms with Crippen molar-refractivity contribution in [3.63, 3.8) is 0 Å². The number of carbonyl (C=O) groups is 1. The van der Waals surface area contributed by atoms with Gasteiger partial charge in [-0.25, -0.2) is 13.1 Å². The number of carboxylic acid groups (broad SMARTS) is 1. The number of benzene rings is 2. The largest absolute Gasteiger partial charge is 0.545 e. The van der Waals surface area contributed by atoms with Crippen molar-refractivity contribution in [2.75, 3.05) is 13.7 Å². The van der Waals surface area contributed by atoms with Gasteiger partial charge < -0.3 is 14.6 Å². The van der Waals surface area contributed by atoms with Crippen LogP contribution in [0.4, 0.5) is 0 Å². The van der Waals surface area contributed by atoms with Crippen molar-refractivity contribution in [2.24, 2.45) is 0 Å². The number of methoxy groups -OCH3 is 1. The molecule has 0 spiro atoms. The maximum atomic E-state index is 12.4. The van der Waals surface area contributed by atoms with Gasteiger partial charge in [-0.3, -0.25) is 0 Å². The highest BCUT2D eigenvalue weighted by molar-refractivity contribution is 7.89. The fourth-order valence-electron chi connectivity index (χ4n) is 2.07. The molecule has 23 heavy (non-hydrogen) atoms. The van der Waals surface area contributed by atoms with Crippen LogP contribution in [0.25, 0.3) is 0 Å². The van der Waals surface area contributed by atoms with Crippen molar-refractivity contribution in [3.05, 3.63) is 59.7 Å². The summed E-state index contributed by atoms with van der Waals surface area (Å²) in [4.78, 5) is 10.7. The lowest BCUT2D eigenvalue weighted by Gasteiger charge is -2.13. The quantitative estimate of drug-likeness (QED) is 0.799. The molecule has 7 heteroatoms. The number of carbonyl (C=O) groups excluding carboxylic acids is 1. The van der Waals surface area contributed by atoms with Gasteiger partial charge in [0.15, 0.2) is 0 Å². The first kappa shape index (κ1) is 17.0. The normalized spacial score (nSPS) is 11.2. The van der Waals surface area contributed by atoms with Crippen molar-refractivity contribution >= 4 is 16.0 Å². The van der Waals surface area contributed by atoms with Crippen LogP contribution in [-0.4, -0.2) is 28.0 Å². The first-order chi connectivity index (χ1) is 10.9. The van der Waals surface area contributed by atoms with Crippen molar-refractivity contribution in [1.29, 1.82) is 0 Å². The zero-order chi connectivity index (χ0) is 16.9. The van der Waals surface area contributed by atoms with Crippen LogP contribution in [0, 0.1) is 0 Å². The predicted molar refractivity (Wildman–Crippen MR) is 82.7 cm³/mol. The summed E-state index contributed by atoms with van der Waals surface area (Å²) < 4.78 is 32.2. The van der Waals surface area contributed by atoms with E-state index in [1.54, 1.807) is 0 Å². The molecule has 0 amide bonds. The lowest BCUT2D eigenvalue weighted by molar-refractivity contribution is -0.255. The van der Waals surface area contributed by atoms with E-state index >= 15 is 0 Å². The molecule has 2 aromatic carbocycles. The van der Waals surface area contributed by atoms with Crippen LogP contribution >= 0.6 is 0 Å². The van der Waals surface area contributed by atoms with E-state index in [0.717, 1.165) is 11.6 Å². The van der Waals surface area contributed by atoms with Crippen LogP contribution in [-0.2, 0) is 16.4 Å². The van der Waals surface area contributed by atoms with Gasteiger partial charge in [0, 0.05) is 6.54 Å². The van der Waals surface area contributed by atoms with Gasteiger partial charge in [-0.1, -0.05) is 30.3 Å². The molecule has 0 aliphatic rings. The summed E-state index contributed by atoms with van der Waals surface area (Å²) in [7, 11) is -2.58. The van der Waals surface area contributed by atoms with Crippen molar-refractivity contribution < 1.29 is 23.1 Å². The van der Waals surface area contributed by atoms with Gasteiger partial charge in [-0.2, -0.15) is 0 Å². The summed E-state index contributed by atoms with van der Waals surface area (Å²) in [5.41, 5.74) is 0.764. The Morgan fingerprint density at radius 1 is 1.17 bits per heavy atom. The Balaban J connectivity index is 2.18. The molecule has 0 aliphatic heterocycles. The molecule has 0 radical (unpaired) electrons. The zero-order valence-corrected chi connectivity index (χ0v) is 13.3. The van der Waals surface area contributed by atoms with Gasteiger partial charge in [0.1, 0.15) is 10.6 Å². The van der Waals surface area contributed by atoms with Crippen molar-refractivity contribution in [1.82, 2.24) is 4.72 Å². The van der Waals surface area contributed by atoms with E-state index in [-0.39, 0.29) is 22.8 Å².